The van der Waals surface area contributed by atoms with Gasteiger partial charge in [0.1, 0.15) is 17.5 Å². The Balaban J connectivity index is 1.52. The Hall–Kier alpha value is -3.89. The number of rotatable bonds is 8. The van der Waals surface area contributed by atoms with Crippen molar-refractivity contribution in [3.05, 3.63) is 94.8 Å². The highest BCUT2D eigenvalue weighted by Crippen LogP contribution is 2.24. The number of carbonyl (C=O) groups excluding carboxylic acids is 2. The van der Waals surface area contributed by atoms with Crippen LogP contribution in [0.5, 0.6) is 0 Å². The second-order valence-corrected chi connectivity index (χ2v) is 8.74. The molecule has 4 rings (SSSR count). The Morgan fingerprint density at radius 2 is 1.54 bits per heavy atom. The van der Waals surface area contributed by atoms with Gasteiger partial charge in [-0.1, -0.05) is 18.2 Å². The molecule has 2 amide bonds. The van der Waals surface area contributed by atoms with Gasteiger partial charge in [-0.05, 0) is 42.0 Å². The molecule has 0 saturated carbocycles. The fourth-order valence-electron chi connectivity index (χ4n) is 4.24. The van der Waals surface area contributed by atoms with E-state index in [0.717, 1.165) is 17.7 Å². The molecule has 3 aromatic carbocycles. The average Bonchev–Trinajstić information content (AvgIpc) is 2.88. The monoisotopic (exact) mass is 511 g/mol. The summed E-state index contributed by atoms with van der Waals surface area (Å²) in [6, 6.07) is 14.1. The number of carbonyl (C=O) groups is 2. The minimum Gasteiger partial charge on any atom is -0.367 e. The molecule has 1 aliphatic heterocycles. The summed E-state index contributed by atoms with van der Waals surface area (Å²) in [5, 5.41) is 5.38. The van der Waals surface area contributed by atoms with Crippen molar-refractivity contribution < 1.29 is 22.8 Å². The van der Waals surface area contributed by atoms with E-state index in [2.05, 4.69) is 15.5 Å². The molecule has 10 heteroatoms. The number of nitrogens with one attached hydrogen (secondary N) is 2. The van der Waals surface area contributed by atoms with E-state index in [9.17, 15) is 22.8 Å². The van der Waals surface area contributed by atoms with Gasteiger partial charge in [0.2, 0.25) is 0 Å². The Labute approximate surface area is 213 Å². The van der Waals surface area contributed by atoms with Crippen LogP contribution in [0.25, 0.3) is 0 Å². The number of halogens is 3. The lowest BCUT2D eigenvalue weighted by Gasteiger charge is -2.36. The van der Waals surface area contributed by atoms with Crippen LogP contribution in [0.4, 0.5) is 24.5 Å². The molecule has 1 aliphatic rings. The normalized spacial score (nSPS) is 13.9. The standard InChI is InChI=1S/C27H28F3N5O2/c28-21-13-20(14-22(29)16-21)27(37)33-24-15-18(26(36)32-8-7-31)5-6-19(24)17-34-9-11-35(12-10-34)25-4-2-1-3-23(25)30/h1-6,13-16H,7-12,17,31H2,(H,32,36)(H,33,37). The number of piperazine rings is 1. The summed E-state index contributed by atoms with van der Waals surface area (Å²) in [7, 11) is 0. The molecule has 7 nitrogen and oxygen atoms in total. The van der Waals surface area contributed by atoms with Crippen LogP contribution in [-0.2, 0) is 6.54 Å². The van der Waals surface area contributed by atoms with Crippen molar-refractivity contribution in [1.82, 2.24) is 10.2 Å². The molecule has 1 saturated heterocycles. The Morgan fingerprint density at radius 1 is 0.838 bits per heavy atom. The number of nitrogens with two attached hydrogens (primary N) is 1. The van der Waals surface area contributed by atoms with Crippen LogP contribution in [-0.4, -0.2) is 56.0 Å². The van der Waals surface area contributed by atoms with E-state index in [-0.39, 0.29) is 30.4 Å². The van der Waals surface area contributed by atoms with Gasteiger partial charge >= 0.3 is 0 Å². The third-order valence-corrected chi connectivity index (χ3v) is 6.13. The van der Waals surface area contributed by atoms with Crippen LogP contribution in [0.15, 0.2) is 60.7 Å². The topological polar surface area (TPSA) is 90.7 Å². The average molecular weight is 512 g/mol. The molecule has 4 N–H and O–H groups in total. The summed E-state index contributed by atoms with van der Waals surface area (Å²) >= 11 is 0. The smallest absolute Gasteiger partial charge is 0.255 e. The predicted molar refractivity (Wildman–Crippen MR) is 136 cm³/mol. The molecule has 0 bridgehead atoms. The number of hydrogen-bond acceptors (Lipinski definition) is 5. The van der Waals surface area contributed by atoms with E-state index in [0.29, 0.717) is 55.7 Å². The lowest BCUT2D eigenvalue weighted by molar-refractivity contribution is 0.0953. The van der Waals surface area contributed by atoms with Crippen LogP contribution in [0, 0.1) is 17.5 Å². The maximum atomic E-state index is 14.2. The van der Waals surface area contributed by atoms with Gasteiger partial charge in [-0.15, -0.1) is 0 Å². The first-order chi connectivity index (χ1) is 17.8. The van der Waals surface area contributed by atoms with Crippen LogP contribution in [0.2, 0.25) is 0 Å². The molecule has 1 fully saturated rings. The van der Waals surface area contributed by atoms with Crippen LogP contribution >= 0.6 is 0 Å². The van der Waals surface area contributed by atoms with Crippen molar-refractivity contribution >= 4 is 23.2 Å². The van der Waals surface area contributed by atoms with Crippen molar-refractivity contribution in [3.8, 4) is 0 Å². The molecule has 0 radical (unpaired) electrons. The lowest BCUT2D eigenvalue weighted by atomic mass is 10.1. The number of benzene rings is 3. The van der Waals surface area contributed by atoms with Crippen LogP contribution in [0.1, 0.15) is 26.3 Å². The molecular weight excluding hydrogens is 483 g/mol. The van der Waals surface area contributed by atoms with Gasteiger partial charge in [-0.25, -0.2) is 13.2 Å². The number of para-hydroxylation sites is 1. The first-order valence-corrected chi connectivity index (χ1v) is 11.9. The van der Waals surface area contributed by atoms with Gasteiger partial charge in [0.05, 0.1) is 5.69 Å². The molecule has 0 spiro atoms. The summed E-state index contributed by atoms with van der Waals surface area (Å²) in [6.07, 6.45) is 0. The van der Waals surface area contributed by atoms with Crippen LogP contribution < -0.4 is 21.3 Å². The third kappa shape index (κ3) is 6.66. The summed E-state index contributed by atoms with van der Waals surface area (Å²) in [5.74, 6) is -3.06. The second kappa shape index (κ2) is 11.9. The van der Waals surface area contributed by atoms with Crippen molar-refractivity contribution in [2.45, 2.75) is 6.54 Å². The first kappa shape index (κ1) is 26.2. The largest absolute Gasteiger partial charge is 0.367 e. The molecule has 37 heavy (non-hydrogen) atoms. The Bertz CT molecular complexity index is 1260. The lowest BCUT2D eigenvalue weighted by Crippen LogP contribution is -2.46. The number of amides is 2. The van der Waals surface area contributed by atoms with E-state index in [1.807, 2.05) is 4.90 Å². The summed E-state index contributed by atoms with van der Waals surface area (Å²) in [6.45, 7) is 3.54. The van der Waals surface area contributed by atoms with Crippen molar-refractivity contribution in [1.29, 1.82) is 0 Å². The van der Waals surface area contributed by atoms with Crippen molar-refractivity contribution in [3.63, 3.8) is 0 Å². The van der Waals surface area contributed by atoms with Gasteiger partial charge < -0.3 is 21.3 Å². The third-order valence-electron chi connectivity index (χ3n) is 6.13. The molecule has 194 valence electrons. The molecule has 0 unspecified atom stereocenters. The summed E-state index contributed by atoms with van der Waals surface area (Å²) < 4.78 is 41.5. The van der Waals surface area contributed by atoms with Crippen LogP contribution in [0.3, 0.4) is 0 Å². The highest BCUT2D eigenvalue weighted by Gasteiger charge is 2.21. The molecular formula is C27H28F3N5O2. The van der Waals surface area contributed by atoms with Crippen molar-refractivity contribution in [2.75, 3.05) is 49.5 Å². The zero-order valence-electron chi connectivity index (χ0n) is 20.1. The quantitative estimate of drug-likeness (QED) is 0.432. The minimum atomic E-state index is -0.868. The first-order valence-electron chi connectivity index (χ1n) is 11.9. The summed E-state index contributed by atoms with van der Waals surface area (Å²) in [5.41, 5.74) is 7.22. The van der Waals surface area contributed by atoms with E-state index < -0.39 is 17.5 Å². The zero-order valence-corrected chi connectivity index (χ0v) is 20.1. The molecule has 0 aliphatic carbocycles. The molecule has 3 aromatic rings. The van der Waals surface area contributed by atoms with Gasteiger partial charge in [-0.2, -0.15) is 0 Å². The highest BCUT2D eigenvalue weighted by atomic mass is 19.1. The predicted octanol–water partition coefficient (Wildman–Crippen LogP) is 3.37. The van der Waals surface area contributed by atoms with Gasteiger partial charge in [0, 0.05) is 68.7 Å². The molecule has 1 heterocycles. The van der Waals surface area contributed by atoms with E-state index in [1.165, 1.54) is 12.1 Å². The van der Waals surface area contributed by atoms with Gasteiger partial charge in [0.25, 0.3) is 11.8 Å². The minimum absolute atomic E-state index is 0.181. The fourth-order valence-corrected chi connectivity index (χ4v) is 4.24. The fraction of sp³-hybridized carbons (Fsp3) is 0.259. The SMILES string of the molecule is NCCNC(=O)c1ccc(CN2CCN(c3ccccc3F)CC2)c(NC(=O)c2cc(F)cc(F)c2)c1. The van der Waals surface area contributed by atoms with E-state index >= 15 is 0 Å². The van der Waals surface area contributed by atoms with Gasteiger partial charge in [0.15, 0.2) is 0 Å². The van der Waals surface area contributed by atoms with E-state index in [1.54, 1.807) is 30.3 Å². The number of nitrogens with zero attached hydrogens (tertiary/aromatic N) is 2. The van der Waals surface area contributed by atoms with Crippen molar-refractivity contribution in [2.24, 2.45) is 5.73 Å². The van der Waals surface area contributed by atoms with E-state index in [4.69, 9.17) is 5.73 Å². The zero-order chi connectivity index (χ0) is 26.4. The Morgan fingerprint density at radius 3 is 2.22 bits per heavy atom. The molecule has 0 atom stereocenters. The maximum Gasteiger partial charge on any atom is 0.255 e. The maximum absolute atomic E-state index is 14.2. The van der Waals surface area contributed by atoms with Gasteiger partial charge in [-0.3, -0.25) is 14.5 Å². The number of anilines is 2. The number of hydrogen-bond donors (Lipinski definition) is 3. The molecule has 0 aromatic heterocycles. The second-order valence-electron chi connectivity index (χ2n) is 8.74. The highest BCUT2D eigenvalue weighted by molar-refractivity contribution is 6.05. The summed E-state index contributed by atoms with van der Waals surface area (Å²) in [4.78, 5) is 29.4. The Kier molecular flexibility index (Phi) is 8.42.